The summed E-state index contributed by atoms with van der Waals surface area (Å²) in [7, 11) is 3.48. The summed E-state index contributed by atoms with van der Waals surface area (Å²) in [4.78, 5) is 13.9. The lowest BCUT2D eigenvalue weighted by atomic mass is 9.87. The first-order valence-electron chi connectivity index (χ1n) is 7.20. The highest BCUT2D eigenvalue weighted by Crippen LogP contribution is 2.39. The predicted molar refractivity (Wildman–Crippen MR) is 83.2 cm³/mol. The number of nitrogens with zero attached hydrogens (tertiary/aromatic N) is 1. The van der Waals surface area contributed by atoms with E-state index in [4.69, 9.17) is 10.5 Å². The fourth-order valence-corrected chi connectivity index (χ4v) is 3.23. The Bertz CT molecular complexity index is 684. The number of rotatable bonds is 2. The molecule has 2 unspecified atom stereocenters. The normalized spacial score (nSPS) is 22.6. The topological polar surface area (TPSA) is 55.6 Å². The van der Waals surface area contributed by atoms with Crippen molar-refractivity contribution < 1.29 is 9.53 Å². The van der Waals surface area contributed by atoms with Crippen LogP contribution in [0.3, 0.4) is 0 Å². The molecule has 4 nitrogen and oxygen atoms in total. The Labute approximate surface area is 124 Å². The summed E-state index contributed by atoms with van der Waals surface area (Å²) in [5, 5.41) is 2.23. The van der Waals surface area contributed by atoms with Crippen molar-refractivity contribution in [2.75, 3.05) is 14.2 Å². The van der Waals surface area contributed by atoms with Crippen LogP contribution >= 0.6 is 0 Å². The van der Waals surface area contributed by atoms with Gasteiger partial charge in [-0.3, -0.25) is 4.79 Å². The number of methoxy groups -OCH3 is 1. The maximum Gasteiger partial charge on any atom is 0.222 e. The number of hydrogen-bond acceptors (Lipinski definition) is 3. The van der Waals surface area contributed by atoms with Gasteiger partial charge in [-0.05, 0) is 23.3 Å². The average molecular weight is 284 g/mol. The third kappa shape index (κ3) is 2.25. The lowest BCUT2D eigenvalue weighted by molar-refractivity contribution is -0.135. The molecule has 2 aromatic carbocycles. The van der Waals surface area contributed by atoms with Crippen molar-refractivity contribution in [3.8, 4) is 5.75 Å². The van der Waals surface area contributed by atoms with Crippen LogP contribution in [0, 0.1) is 0 Å². The van der Waals surface area contributed by atoms with E-state index in [1.54, 1.807) is 12.0 Å². The van der Waals surface area contributed by atoms with Gasteiger partial charge in [0.2, 0.25) is 5.91 Å². The SMILES string of the molecule is COc1ccc2ccccc2c1C1C(N)CCC(=O)N1C. The van der Waals surface area contributed by atoms with Gasteiger partial charge in [0.05, 0.1) is 13.2 Å². The Balaban J connectivity index is 2.24. The molecule has 1 fully saturated rings. The Kier molecular flexibility index (Phi) is 3.55. The zero-order chi connectivity index (χ0) is 15.0. The van der Waals surface area contributed by atoms with Crippen molar-refractivity contribution >= 4 is 16.7 Å². The van der Waals surface area contributed by atoms with E-state index in [1.165, 1.54) is 0 Å². The number of ether oxygens (including phenoxy) is 1. The molecule has 21 heavy (non-hydrogen) atoms. The van der Waals surface area contributed by atoms with E-state index in [0.29, 0.717) is 12.8 Å². The van der Waals surface area contributed by atoms with Gasteiger partial charge in [0, 0.05) is 25.1 Å². The summed E-state index contributed by atoms with van der Waals surface area (Å²) in [6, 6.07) is 11.9. The number of likely N-dealkylation sites (N-methyl/N-ethyl adjacent to an activating group) is 1. The van der Waals surface area contributed by atoms with Crippen molar-refractivity contribution in [2.24, 2.45) is 5.73 Å². The van der Waals surface area contributed by atoms with Gasteiger partial charge in [0.1, 0.15) is 5.75 Å². The lowest BCUT2D eigenvalue weighted by Crippen LogP contribution is -2.47. The Morgan fingerprint density at radius 2 is 2.00 bits per heavy atom. The molecule has 4 heteroatoms. The molecule has 0 aromatic heterocycles. The number of nitrogens with two attached hydrogens (primary N) is 1. The van der Waals surface area contributed by atoms with Crippen LogP contribution in [0.5, 0.6) is 5.75 Å². The molecular weight excluding hydrogens is 264 g/mol. The quantitative estimate of drug-likeness (QED) is 0.921. The van der Waals surface area contributed by atoms with Crippen LogP contribution in [-0.4, -0.2) is 31.0 Å². The van der Waals surface area contributed by atoms with Crippen molar-refractivity contribution in [1.82, 2.24) is 4.90 Å². The number of likely N-dealkylation sites (tertiary alicyclic amines) is 1. The molecule has 2 atom stereocenters. The van der Waals surface area contributed by atoms with Crippen molar-refractivity contribution in [2.45, 2.75) is 24.9 Å². The molecule has 1 aliphatic heterocycles. The third-order valence-corrected chi connectivity index (χ3v) is 4.35. The van der Waals surface area contributed by atoms with Crippen molar-refractivity contribution in [3.05, 3.63) is 42.0 Å². The maximum absolute atomic E-state index is 12.1. The second-order valence-corrected chi connectivity index (χ2v) is 5.55. The molecular formula is C17H20N2O2. The number of hydrogen-bond donors (Lipinski definition) is 1. The van der Waals surface area contributed by atoms with Crippen LogP contribution in [0.25, 0.3) is 10.8 Å². The molecule has 0 radical (unpaired) electrons. The van der Waals surface area contributed by atoms with Crippen LogP contribution in [0.1, 0.15) is 24.4 Å². The summed E-state index contributed by atoms with van der Waals surface area (Å²) < 4.78 is 5.55. The zero-order valence-electron chi connectivity index (χ0n) is 12.4. The first kappa shape index (κ1) is 13.9. The van der Waals surface area contributed by atoms with Crippen LogP contribution in [0.2, 0.25) is 0 Å². The van der Waals surface area contributed by atoms with Gasteiger partial charge in [-0.25, -0.2) is 0 Å². The van der Waals surface area contributed by atoms with Crippen LogP contribution in [0.4, 0.5) is 0 Å². The fourth-order valence-electron chi connectivity index (χ4n) is 3.23. The number of carbonyl (C=O) groups excluding carboxylic acids is 1. The molecule has 0 spiro atoms. The molecule has 1 heterocycles. The molecule has 1 aliphatic rings. The fraction of sp³-hybridized carbons (Fsp3) is 0.353. The Hall–Kier alpha value is -2.07. The standard InChI is InChI=1S/C17H20N2O2/c1-19-15(20)10-8-13(18)17(19)16-12-6-4-3-5-11(12)7-9-14(16)21-2/h3-7,9,13,17H,8,10,18H2,1-2H3. The summed E-state index contributed by atoms with van der Waals surface area (Å²) in [5.74, 6) is 0.924. The highest BCUT2D eigenvalue weighted by Gasteiger charge is 2.35. The second kappa shape index (κ2) is 5.37. The van der Waals surface area contributed by atoms with E-state index in [9.17, 15) is 4.79 Å². The number of fused-ring (bicyclic) bond motifs is 1. The average Bonchev–Trinajstić information content (AvgIpc) is 2.51. The van der Waals surface area contributed by atoms with Crippen LogP contribution in [0.15, 0.2) is 36.4 Å². The third-order valence-electron chi connectivity index (χ3n) is 4.35. The van der Waals surface area contributed by atoms with Gasteiger partial charge in [0.15, 0.2) is 0 Å². The smallest absolute Gasteiger partial charge is 0.222 e. The summed E-state index contributed by atoms with van der Waals surface area (Å²) in [6.45, 7) is 0. The Morgan fingerprint density at radius 3 is 2.76 bits per heavy atom. The molecule has 0 bridgehead atoms. The predicted octanol–water partition coefficient (Wildman–Crippen LogP) is 2.47. The first-order valence-corrected chi connectivity index (χ1v) is 7.20. The largest absolute Gasteiger partial charge is 0.496 e. The summed E-state index contributed by atoms with van der Waals surface area (Å²) in [6.07, 6.45) is 1.22. The molecule has 1 saturated heterocycles. The second-order valence-electron chi connectivity index (χ2n) is 5.55. The van der Waals surface area contributed by atoms with Gasteiger partial charge in [-0.15, -0.1) is 0 Å². The van der Waals surface area contributed by atoms with Crippen molar-refractivity contribution in [1.29, 1.82) is 0 Å². The molecule has 2 N–H and O–H groups in total. The lowest BCUT2D eigenvalue weighted by Gasteiger charge is -2.38. The number of carbonyl (C=O) groups is 1. The van der Waals surface area contributed by atoms with Crippen LogP contribution in [-0.2, 0) is 4.79 Å². The van der Waals surface area contributed by atoms with E-state index in [2.05, 4.69) is 12.1 Å². The van der Waals surface area contributed by atoms with Gasteiger partial charge >= 0.3 is 0 Å². The summed E-state index contributed by atoms with van der Waals surface area (Å²) in [5.41, 5.74) is 7.34. The molecule has 3 rings (SSSR count). The molecule has 2 aromatic rings. The van der Waals surface area contributed by atoms with Crippen LogP contribution < -0.4 is 10.5 Å². The van der Waals surface area contributed by atoms with E-state index in [-0.39, 0.29) is 18.0 Å². The minimum absolute atomic E-state index is 0.0765. The number of amides is 1. The Morgan fingerprint density at radius 1 is 1.24 bits per heavy atom. The molecule has 0 aliphatic carbocycles. The zero-order valence-corrected chi connectivity index (χ0v) is 12.4. The monoisotopic (exact) mass is 284 g/mol. The van der Waals surface area contributed by atoms with E-state index >= 15 is 0 Å². The van der Waals surface area contributed by atoms with E-state index in [1.807, 2.05) is 31.3 Å². The maximum atomic E-state index is 12.1. The number of benzene rings is 2. The first-order chi connectivity index (χ1) is 10.1. The van der Waals surface area contributed by atoms with E-state index < -0.39 is 0 Å². The van der Waals surface area contributed by atoms with Gasteiger partial charge < -0.3 is 15.4 Å². The molecule has 1 amide bonds. The minimum atomic E-state index is -0.146. The van der Waals surface area contributed by atoms with E-state index in [0.717, 1.165) is 22.1 Å². The van der Waals surface area contributed by atoms with Crippen molar-refractivity contribution in [3.63, 3.8) is 0 Å². The minimum Gasteiger partial charge on any atom is -0.496 e. The van der Waals surface area contributed by atoms with Gasteiger partial charge in [0.25, 0.3) is 0 Å². The van der Waals surface area contributed by atoms with Gasteiger partial charge in [-0.2, -0.15) is 0 Å². The highest BCUT2D eigenvalue weighted by atomic mass is 16.5. The van der Waals surface area contributed by atoms with Gasteiger partial charge in [-0.1, -0.05) is 30.3 Å². The highest BCUT2D eigenvalue weighted by molar-refractivity contribution is 5.89. The number of piperidine rings is 1. The summed E-state index contributed by atoms with van der Waals surface area (Å²) >= 11 is 0. The molecule has 0 saturated carbocycles. The molecule has 110 valence electrons.